The molecule has 2 atom stereocenters. The molecule has 0 fully saturated rings. The van der Waals surface area contributed by atoms with Crippen molar-refractivity contribution in [2.45, 2.75) is 25.9 Å². The molecule has 2 aromatic heterocycles. The summed E-state index contributed by atoms with van der Waals surface area (Å²) < 4.78 is 24.2. The van der Waals surface area contributed by atoms with Gasteiger partial charge in [-0.15, -0.1) is 34.3 Å². The van der Waals surface area contributed by atoms with E-state index >= 15 is 0 Å². The number of nitro benzene ring substituents is 3. The normalized spacial score (nSPS) is 12.5. The van der Waals surface area contributed by atoms with Crippen LogP contribution in [0.3, 0.4) is 0 Å². The Kier molecular flexibility index (Phi) is 46.4. The van der Waals surface area contributed by atoms with Crippen molar-refractivity contribution in [1.82, 2.24) is 35.1 Å². The van der Waals surface area contributed by atoms with E-state index in [2.05, 4.69) is 68.9 Å². The summed E-state index contributed by atoms with van der Waals surface area (Å²) in [5, 5.41) is 73.6. The van der Waals surface area contributed by atoms with E-state index in [0.717, 1.165) is 75.3 Å². The standard InChI is InChI=1S/C26H29N5O4S.C13H17N3O4.C13H19N3O2.C13H12N2O3S.C10H15N3O3.C6H6N2O3.C4H10ClN.C3H3ClO/c1-5-22(32)30-19-13-17(7-8-20(19)35-11-10-31(3)4)29-25(33)16-6-9-21-18(12-16)23-24(36-21)26(34)28-15(2)14-27-23;1-4-13(17)14-11-9-10(16(18)19)5-6-12(11)20-8-7-15(2)3;1-4-13(17)15-11-9-10(14)5-6-12(11)18-8-7-16(2)3;1-6-5-14-10-8-4-7(13(17)18)2-3-9(8)19-11(10)12(16)15-6;1-12(2)5-6-16-10-4-3-8(13(14)15)7-9(10)11;7-5-3-4(8(10)11)1-2-6(5)9;1-6(2)4-3-5;1-2-3(4)5/h5-9,12-13,15,27H,1,10-11,14H2,2-4H3,(H,28,34)(H,29,33)(H,30,32);4-6,9H,1,7-8H2,2-3H3,(H,14,17);4-6,9H,1,7-8,14H2,2-3H3,(H,15,17);2-4,6,14H,5H2,1H3,(H,15,16)(H,17,18);3-4,7H,5-6,11H2,1-2H3;1-3,9H,7H2;3-4H2,1-2H3;2H,1H2/t15-;;;6-;;;;/m1..1..../s1. The van der Waals surface area contributed by atoms with Crippen LogP contribution in [0, 0.1) is 30.3 Å². The van der Waals surface area contributed by atoms with Crippen LogP contribution in [-0.2, 0) is 19.2 Å². The van der Waals surface area contributed by atoms with Gasteiger partial charge in [0, 0.05) is 137 Å². The van der Waals surface area contributed by atoms with E-state index in [1.165, 1.54) is 83.4 Å². The third-order valence-corrected chi connectivity index (χ3v) is 19.9. The van der Waals surface area contributed by atoms with Gasteiger partial charge in [-0.05, 0) is 211 Å². The van der Waals surface area contributed by atoms with Gasteiger partial charge in [0.2, 0.25) is 23.0 Å². The number of carbonyl (C=O) groups excluding carboxylic acids is 7. The first-order valence-corrected chi connectivity index (χ1v) is 42.3. The molecule has 9 aromatic rings. The largest absolute Gasteiger partial charge is 0.506 e. The third kappa shape index (κ3) is 38.4. The second-order valence-electron chi connectivity index (χ2n) is 29.4. The number of non-ortho nitro benzene ring substituents is 3. The number of ether oxygens (including phenoxy) is 4. The minimum atomic E-state index is -0.965. The number of phenolic OH excluding ortho intramolecular Hbond substituents is 1. The number of thiophene rings is 2. The highest BCUT2D eigenvalue weighted by Gasteiger charge is 2.27. The molecule has 2 aliphatic heterocycles. The van der Waals surface area contributed by atoms with Gasteiger partial charge in [-0.2, -0.15) is 0 Å². The number of anilines is 9. The highest BCUT2D eigenvalue weighted by Crippen LogP contribution is 2.40. The molecule has 131 heavy (non-hydrogen) atoms. The van der Waals surface area contributed by atoms with Crippen molar-refractivity contribution in [3.63, 3.8) is 0 Å². The zero-order valence-corrected chi connectivity index (χ0v) is 77.7. The van der Waals surface area contributed by atoms with Crippen LogP contribution in [0.2, 0.25) is 0 Å². The maximum Gasteiger partial charge on any atom is 0.335 e. The number of allylic oxidation sites excluding steroid dienone is 1. The Morgan fingerprint density at radius 1 is 0.489 bits per heavy atom. The lowest BCUT2D eigenvalue weighted by atomic mass is 10.1. The molecule has 704 valence electrons. The third-order valence-electron chi connectivity index (χ3n) is 17.3. The van der Waals surface area contributed by atoms with Crippen molar-refractivity contribution in [3.05, 3.63) is 229 Å². The van der Waals surface area contributed by atoms with Crippen LogP contribution >= 0.6 is 45.9 Å². The summed E-state index contributed by atoms with van der Waals surface area (Å²) in [5.74, 6) is -0.0944. The van der Waals surface area contributed by atoms with Crippen LogP contribution in [-0.4, -0.2) is 257 Å². The molecule has 7 aromatic carbocycles. The number of phenols is 1. The number of carbonyl (C=O) groups is 8. The Morgan fingerprint density at radius 2 is 0.847 bits per heavy atom. The van der Waals surface area contributed by atoms with Gasteiger partial charge in [0.25, 0.3) is 34.8 Å². The number of aromatic hydroxyl groups is 1. The molecule has 0 saturated heterocycles. The van der Waals surface area contributed by atoms with Gasteiger partial charge < -0.3 is 113 Å². The van der Waals surface area contributed by atoms with Gasteiger partial charge >= 0.3 is 5.97 Å². The first-order chi connectivity index (χ1) is 61.9. The van der Waals surface area contributed by atoms with Crippen LogP contribution in [0.15, 0.2) is 178 Å². The maximum absolute atomic E-state index is 13.1. The number of nitrogens with zero attached hydrogens (tertiary/aromatic N) is 8. The van der Waals surface area contributed by atoms with E-state index in [4.69, 9.17) is 69.6 Å². The lowest BCUT2D eigenvalue weighted by molar-refractivity contribution is -0.385. The number of hydrogen-bond donors (Lipinski definition) is 13. The summed E-state index contributed by atoms with van der Waals surface area (Å²) in [6.45, 7) is 24.2. The van der Waals surface area contributed by atoms with Crippen molar-refractivity contribution in [2.75, 3.05) is 198 Å². The van der Waals surface area contributed by atoms with E-state index < -0.39 is 31.9 Å². The molecule has 2 aliphatic rings. The Hall–Kier alpha value is -14.0. The number of aromatic carboxylic acids is 1. The molecular weight excluding hydrogens is 1780 g/mol. The van der Waals surface area contributed by atoms with Crippen LogP contribution < -0.4 is 78.7 Å². The summed E-state index contributed by atoms with van der Waals surface area (Å²) in [6, 6.07) is 32.2. The zero-order chi connectivity index (χ0) is 97.9. The molecule has 11 rings (SSSR count). The number of fused-ring (bicyclic) bond motifs is 6. The van der Waals surface area contributed by atoms with Crippen molar-refractivity contribution >= 4 is 181 Å². The number of amides is 6. The summed E-state index contributed by atoms with van der Waals surface area (Å²) in [7, 11) is 19.5. The molecule has 0 saturated carbocycles. The van der Waals surface area contributed by atoms with Gasteiger partial charge in [0.05, 0.1) is 60.1 Å². The average molecular weight is 1890 g/mol. The zero-order valence-electron chi connectivity index (χ0n) is 74.5. The molecule has 0 aliphatic carbocycles. The molecule has 0 unspecified atom stereocenters. The topological polar surface area (TPSA) is 534 Å². The van der Waals surface area contributed by atoms with Crippen LogP contribution in [0.25, 0.3) is 20.2 Å². The fourth-order valence-electron chi connectivity index (χ4n) is 10.5. The Morgan fingerprint density at radius 3 is 1.22 bits per heavy atom. The predicted molar refractivity (Wildman–Crippen MR) is 519 cm³/mol. The molecule has 4 heterocycles. The number of likely N-dealkylation sites (N-methyl/N-ethyl adjacent to an activating group) is 4. The summed E-state index contributed by atoms with van der Waals surface area (Å²) >= 11 is 12.8. The van der Waals surface area contributed by atoms with E-state index in [9.17, 15) is 68.7 Å². The van der Waals surface area contributed by atoms with Crippen LogP contribution in [0.1, 0.15) is 53.9 Å². The maximum atomic E-state index is 13.1. The molecule has 0 radical (unpaired) electrons. The van der Waals surface area contributed by atoms with Gasteiger partial charge in [0.1, 0.15) is 64.9 Å². The second kappa shape index (κ2) is 55.6. The van der Waals surface area contributed by atoms with E-state index in [1.54, 1.807) is 66.7 Å². The van der Waals surface area contributed by atoms with E-state index in [0.29, 0.717) is 114 Å². The Balaban J connectivity index is 0.000000332. The minimum Gasteiger partial charge on any atom is -0.506 e. The SMILES string of the molecule is C=CC(=O)Cl.C=CC(=O)Nc1cc(N)ccc1OCCN(C)C.C=CC(=O)Nc1cc(NC(=O)c2ccc3sc4c(c3c2)NC[C@@H](C)NC4=O)ccc1OCCN(C)C.C=CC(=O)Nc1cc([N+](=O)[O-])ccc1OCCN(C)C.CN(C)CCCl.CN(C)CCOc1ccc([N+](=O)[O-])cc1N.C[C@@H]1CNc2c(sc3ccc(C(=O)O)cc23)C(=O)N1.Nc1cc([N+](=O)[O-])ccc1O. The fraction of sp³-hybridized carbons (Fsp3) is 0.295. The number of nitrogen functional groups attached to an aromatic ring is 3. The molecule has 0 bridgehead atoms. The van der Waals surface area contributed by atoms with Crippen LogP contribution in [0.5, 0.6) is 28.7 Å². The second-order valence-corrected chi connectivity index (χ2v) is 32.2. The van der Waals surface area contributed by atoms with Crippen molar-refractivity contribution in [1.29, 1.82) is 0 Å². The lowest BCUT2D eigenvalue weighted by Gasteiger charge is -2.16. The lowest BCUT2D eigenvalue weighted by Crippen LogP contribution is -2.34. The first-order valence-electron chi connectivity index (χ1n) is 39.7. The van der Waals surface area contributed by atoms with Crippen LogP contribution in [0.4, 0.5) is 68.2 Å². The highest BCUT2D eigenvalue weighted by molar-refractivity contribution is 7.22. The first kappa shape index (κ1) is 109. The van der Waals surface area contributed by atoms with Crippen molar-refractivity contribution < 1.29 is 82.3 Å². The summed E-state index contributed by atoms with van der Waals surface area (Å²) in [5.41, 5.74) is 21.0. The summed E-state index contributed by atoms with van der Waals surface area (Å²) in [4.78, 5) is 134. The van der Waals surface area contributed by atoms with Gasteiger partial charge in [-0.1, -0.05) is 26.3 Å². The number of halogens is 2. The van der Waals surface area contributed by atoms with Gasteiger partial charge in [-0.25, -0.2) is 4.79 Å². The number of nitrogens with two attached hydrogens (primary N) is 3. The number of benzene rings is 7. The summed E-state index contributed by atoms with van der Waals surface area (Å²) in [6.07, 6.45) is 4.50. The average Bonchev–Trinajstić information content (AvgIpc) is 1.63. The number of carboxylic acid groups (broad SMARTS) is 1. The Labute approximate surface area is 775 Å². The van der Waals surface area contributed by atoms with Crippen molar-refractivity contribution in [3.8, 4) is 28.7 Å². The number of alkyl halides is 1. The Bertz CT molecular complexity index is 5500. The van der Waals surface area contributed by atoms with Gasteiger partial charge in [0.15, 0.2) is 0 Å². The molecular formula is C88H111Cl2N19O20S2. The molecule has 43 heteroatoms. The molecule has 0 spiro atoms. The molecule has 6 amide bonds. The fourth-order valence-corrected chi connectivity index (χ4v) is 13.0. The van der Waals surface area contributed by atoms with Crippen molar-refractivity contribution in [2.24, 2.45) is 0 Å². The monoisotopic (exact) mass is 1890 g/mol. The molecule has 39 nitrogen and oxygen atoms in total. The van der Waals surface area contributed by atoms with Gasteiger partial charge in [-0.3, -0.25) is 63.9 Å². The highest BCUT2D eigenvalue weighted by atomic mass is 35.5. The smallest absolute Gasteiger partial charge is 0.335 e. The quantitative estimate of drug-likeness (QED) is 0.00365. The minimum absolute atomic E-state index is 0.00393. The number of carboxylic acids is 1. The number of nitro groups is 3. The number of hydrogen-bond acceptors (Lipinski definition) is 31. The number of nitrogens with one attached hydrogen (secondary N) is 8. The number of rotatable bonds is 31. The van der Waals surface area contributed by atoms with E-state index in [1.807, 2.05) is 115 Å². The molecule has 16 N–H and O–H groups in total. The van der Waals surface area contributed by atoms with E-state index in [-0.39, 0.29) is 87.1 Å². The predicted octanol–water partition coefficient (Wildman–Crippen LogP) is 12.6.